The molecule has 0 bridgehead atoms. The van der Waals surface area contributed by atoms with Gasteiger partial charge in [-0.2, -0.15) is 0 Å². The number of carbonyl (C=O) groups is 1. The molecule has 1 amide bonds. The Bertz CT molecular complexity index is 432. The van der Waals surface area contributed by atoms with Gasteiger partial charge in [0.15, 0.2) is 6.61 Å². The monoisotopic (exact) mass is 278 g/mol. The summed E-state index contributed by atoms with van der Waals surface area (Å²) in [6, 6.07) is 6.01. The molecule has 0 aliphatic heterocycles. The Morgan fingerprint density at radius 2 is 2.15 bits per heavy atom. The molecule has 1 rings (SSSR count). The van der Waals surface area contributed by atoms with Gasteiger partial charge >= 0.3 is 0 Å². The summed E-state index contributed by atoms with van der Waals surface area (Å²) in [4.78, 5) is 11.9. The molecule has 0 saturated heterocycles. The largest absolute Gasteiger partial charge is 0.483 e. The molecule has 0 aliphatic rings. The summed E-state index contributed by atoms with van der Waals surface area (Å²) in [6.45, 7) is 6.60. The Morgan fingerprint density at radius 1 is 1.40 bits per heavy atom. The van der Waals surface area contributed by atoms with Crippen molar-refractivity contribution >= 4 is 5.91 Å². The van der Waals surface area contributed by atoms with Crippen molar-refractivity contribution in [3.63, 3.8) is 0 Å². The molecular weight excluding hydrogens is 252 g/mol. The second kappa shape index (κ2) is 8.59. The molecular formula is C16H26N2O2. The van der Waals surface area contributed by atoms with Gasteiger partial charge in [-0.05, 0) is 37.5 Å². The third kappa shape index (κ3) is 5.61. The first-order valence-corrected chi connectivity index (χ1v) is 7.26. The summed E-state index contributed by atoms with van der Waals surface area (Å²) in [7, 11) is 0. The predicted octanol–water partition coefficient (Wildman–Crippen LogP) is 2.32. The zero-order valence-corrected chi connectivity index (χ0v) is 12.7. The van der Waals surface area contributed by atoms with E-state index in [2.05, 4.69) is 12.2 Å². The lowest BCUT2D eigenvalue weighted by Crippen LogP contribution is -2.42. The summed E-state index contributed by atoms with van der Waals surface area (Å²) in [6.07, 6.45) is 3.09. The normalized spacial score (nSPS) is 12.0. The summed E-state index contributed by atoms with van der Waals surface area (Å²) >= 11 is 0. The molecule has 1 aromatic carbocycles. The number of benzene rings is 1. The number of hydrogen-bond acceptors (Lipinski definition) is 3. The summed E-state index contributed by atoms with van der Waals surface area (Å²) in [5.41, 5.74) is 7.81. The minimum absolute atomic E-state index is 0.0346. The Balaban J connectivity index is 2.44. The highest BCUT2D eigenvalue weighted by Crippen LogP contribution is 2.18. The highest BCUT2D eigenvalue weighted by molar-refractivity contribution is 5.77. The van der Waals surface area contributed by atoms with Crippen molar-refractivity contribution in [2.75, 3.05) is 13.2 Å². The molecule has 0 spiro atoms. The Hall–Kier alpha value is -1.55. The second-order valence-electron chi connectivity index (χ2n) is 5.20. The van der Waals surface area contributed by atoms with E-state index in [9.17, 15) is 4.79 Å². The molecule has 0 aromatic heterocycles. The molecule has 1 unspecified atom stereocenters. The van der Waals surface area contributed by atoms with Crippen molar-refractivity contribution in [2.24, 2.45) is 5.73 Å². The van der Waals surface area contributed by atoms with Crippen molar-refractivity contribution in [1.82, 2.24) is 5.32 Å². The van der Waals surface area contributed by atoms with E-state index in [0.29, 0.717) is 6.54 Å². The van der Waals surface area contributed by atoms with Gasteiger partial charge in [-0.3, -0.25) is 4.79 Å². The fourth-order valence-corrected chi connectivity index (χ4v) is 1.97. The number of aryl methyl sites for hydroxylation is 2. The van der Waals surface area contributed by atoms with Crippen LogP contribution in [-0.4, -0.2) is 25.1 Å². The van der Waals surface area contributed by atoms with Gasteiger partial charge in [0.25, 0.3) is 5.91 Å². The molecule has 112 valence electrons. The van der Waals surface area contributed by atoms with E-state index in [0.717, 1.165) is 36.1 Å². The lowest BCUT2D eigenvalue weighted by molar-refractivity contribution is -0.123. The van der Waals surface area contributed by atoms with Crippen molar-refractivity contribution < 1.29 is 9.53 Å². The van der Waals surface area contributed by atoms with Crippen LogP contribution >= 0.6 is 0 Å². The van der Waals surface area contributed by atoms with Crippen LogP contribution in [0.3, 0.4) is 0 Å². The summed E-state index contributed by atoms with van der Waals surface area (Å²) < 4.78 is 5.58. The quantitative estimate of drug-likeness (QED) is 0.767. The van der Waals surface area contributed by atoms with Gasteiger partial charge in [-0.15, -0.1) is 0 Å². The molecule has 4 nitrogen and oxygen atoms in total. The van der Waals surface area contributed by atoms with E-state index < -0.39 is 0 Å². The van der Waals surface area contributed by atoms with Crippen LogP contribution in [0, 0.1) is 13.8 Å². The number of amides is 1. The minimum Gasteiger partial charge on any atom is -0.483 e. The first-order chi connectivity index (χ1) is 9.56. The molecule has 0 heterocycles. The number of ether oxygens (including phenoxy) is 1. The number of nitrogens with two attached hydrogens (primary N) is 1. The average molecular weight is 278 g/mol. The van der Waals surface area contributed by atoms with Gasteiger partial charge < -0.3 is 15.8 Å². The van der Waals surface area contributed by atoms with Crippen LogP contribution in [0.2, 0.25) is 0 Å². The summed E-state index contributed by atoms with van der Waals surface area (Å²) in [5, 5.41) is 2.92. The lowest BCUT2D eigenvalue weighted by Gasteiger charge is -2.17. The topological polar surface area (TPSA) is 64.3 Å². The van der Waals surface area contributed by atoms with Crippen LogP contribution in [-0.2, 0) is 4.79 Å². The maximum atomic E-state index is 11.9. The Kier molecular flexibility index (Phi) is 7.09. The van der Waals surface area contributed by atoms with Crippen LogP contribution < -0.4 is 15.8 Å². The first kappa shape index (κ1) is 16.5. The number of nitrogens with one attached hydrogen (secondary N) is 1. The molecule has 4 heteroatoms. The highest BCUT2D eigenvalue weighted by atomic mass is 16.5. The Labute approximate surface area is 121 Å². The molecule has 0 saturated carbocycles. The molecule has 0 radical (unpaired) electrons. The van der Waals surface area contributed by atoms with E-state index in [4.69, 9.17) is 10.5 Å². The second-order valence-corrected chi connectivity index (χ2v) is 5.20. The third-order valence-corrected chi connectivity index (χ3v) is 3.26. The number of rotatable bonds is 8. The SMILES string of the molecule is CCCCC(CN)NC(=O)COc1cc(C)ccc1C. The van der Waals surface area contributed by atoms with Gasteiger partial charge in [-0.1, -0.05) is 31.9 Å². The van der Waals surface area contributed by atoms with Crippen LogP contribution in [0.4, 0.5) is 0 Å². The average Bonchev–Trinajstić information content (AvgIpc) is 2.44. The van der Waals surface area contributed by atoms with Gasteiger partial charge in [0, 0.05) is 12.6 Å². The molecule has 0 fully saturated rings. The highest BCUT2D eigenvalue weighted by Gasteiger charge is 2.11. The fraction of sp³-hybridized carbons (Fsp3) is 0.562. The summed E-state index contributed by atoms with van der Waals surface area (Å²) in [5.74, 6) is 0.649. The predicted molar refractivity (Wildman–Crippen MR) is 81.9 cm³/mol. The number of carbonyl (C=O) groups excluding carboxylic acids is 1. The van der Waals surface area contributed by atoms with Crippen LogP contribution in [0.25, 0.3) is 0 Å². The smallest absolute Gasteiger partial charge is 0.258 e. The third-order valence-electron chi connectivity index (χ3n) is 3.26. The van der Waals surface area contributed by atoms with Gasteiger partial charge in [0.2, 0.25) is 0 Å². The molecule has 0 aliphatic carbocycles. The van der Waals surface area contributed by atoms with E-state index in [1.165, 1.54) is 0 Å². The van der Waals surface area contributed by atoms with Crippen LogP contribution in [0.1, 0.15) is 37.3 Å². The zero-order chi connectivity index (χ0) is 15.0. The first-order valence-electron chi connectivity index (χ1n) is 7.26. The molecule has 20 heavy (non-hydrogen) atoms. The van der Waals surface area contributed by atoms with Gasteiger partial charge in [0.05, 0.1) is 0 Å². The minimum atomic E-state index is -0.113. The number of hydrogen-bond donors (Lipinski definition) is 2. The van der Waals surface area contributed by atoms with E-state index >= 15 is 0 Å². The van der Waals surface area contributed by atoms with Crippen molar-refractivity contribution in [1.29, 1.82) is 0 Å². The van der Waals surface area contributed by atoms with Crippen molar-refractivity contribution in [2.45, 2.75) is 46.1 Å². The van der Waals surface area contributed by atoms with Crippen LogP contribution in [0.5, 0.6) is 5.75 Å². The van der Waals surface area contributed by atoms with E-state index in [1.807, 2.05) is 32.0 Å². The Morgan fingerprint density at radius 3 is 2.80 bits per heavy atom. The lowest BCUT2D eigenvalue weighted by atomic mass is 10.1. The van der Waals surface area contributed by atoms with Crippen molar-refractivity contribution in [3.8, 4) is 5.75 Å². The maximum absolute atomic E-state index is 11.9. The van der Waals surface area contributed by atoms with Gasteiger partial charge in [0.1, 0.15) is 5.75 Å². The number of unbranched alkanes of at least 4 members (excludes halogenated alkanes) is 1. The zero-order valence-electron chi connectivity index (χ0n) is 12.7. The maximum Gasteiger partial charge on any atom is 0.258 e. The fourth-order valence-electron chi connectivity index (χ4n) is 1.97. The van der Waals surface area contributed by atoms with Crippen LogP contribution in [0.15, 0.2) is 18.2 Å². The molecule has 1 aromatic rings. The van der Waals surface area contributed by atoms with E-state index in [-0.39, 0.29) is 18.6 Å². The van der Waals surface area contributed by atoms with Crippen molar-refractivity contribution in [3.05, 3.63) is 29.3 Å². The van der Waals surface area contributed by atoms with E-state index in [1.54, 1.807) is 0 Å². The van der Waals surface area contributed by atoms with Gasteiger partial charge in [-0.25, -0.2) is 0 Å². The molecule has 1 atom stereocenters. The molecule has 3 N–H and O–H groups in total. The standard InChI is InChI=1S/C16H26N2O2/c1-4-5-6-14(10-17)18-16(19)11-20-15-9-12(2)7-8-13(15)3/h7-9,14H,4-6,10-11,17H2,1-3H3,(H,18,19).